The maximum absolute atomic E-state index is 6.00. The fourth-order valence-corrected chi connectivity index (χ4v) is 2.90. The van der Waals surface area contributed by atoms with Crippen LogP contribution in [0.4, 0.5) is 0 Å². The van der Waals surface area contributed by atoms with E-state index in [1.165, 1.54) is 89.9 Å². The molecule has 2 nitrogen and oxygen atoms in total. The third kappa shape index (κ3) is 25.0. The van der Waals surface area contributed by atoms with E-state index >= 15 is 0 Å². The molecule has 0 aromatic rings. The first-order chi connectivity index (χ1) is 11.8. The molecule has 26 heavy (non-hydrogen) atoms. The predicted molar refractivity (Wildman–Crippen MR) is 112 cm³/mol. The molecule has 0 rings (SSSR count). The van der Waals surface area contributed by atoms with E-state index in [4.69, 9.17) is 9.47 Å². The first kappa shape index (κ1) is 31.7. The Kier molecular flexibility index (Phi) is 34.3. The largest absolute Gasteiger partial charge is 2.00 e. The number of halogens is 1. The van der Waals surface area contributed by atoms with E-state index in [0.717, 1.165) is 26.1 Å². The summed E-state index contributed by atoms with van der Waals surface area (Å²) in [5.41, 5.74) is 0. The molecule has 0 amide bonds. The minimum atomic E-state index is 0. The Morgan fingerprint density at radius 2 is 1.04 bits per heavy atom. The molecular formula is C22H45ClMgO2. The molecule has 4 heteroatoms. The summed E-state index contributed by atoms with van der Waals surface area (Å²) in [7, 11) is 0. The molecule has 0 spiro atoms. The van der Waals surface area contributed by atoms with Gasteiger partial charge in [0.1, 0.15) is 0 Å². The average molecular weight is 401 g/mol. The van der Waals surface area contributed by atoms with Gasteiger partial charge in [0.05, 0.1) is 0 Å². The van der Waals surface area contributed by atoms with E-state index in [1.807, 2.05) is 0 Å². The zero-order valence-corrected chi connectivity index (χ0v) is 20.1. The van der Waals surface area contributed by atoms with Crippen molar-refractivity contribution < 1.29 is 21.9 Å². The molecule has 0 N–H and O–H groups in total. The molecule has 0 aliphatic carbocycles. The predicted octanol–water partition coefficient (Wildman–Crippen LogP) is 4.08. The van der Waals surface area contributed by atoms with Crippen molar-refractivity contribution in [2.75, 3.05) is 13.2 Å². The molecule has 0 heterocycles. The van der Waals surface area contributed by atoms with Crippen LogP contribution in [0.2, 0.25) is 0 Å². The first-order valence-corrected chi connectivity index (χ1v) is 10.9. The topological polar surface area (TPSA) is 18.5 Å². The fraction of sp³-hybridized carbons (Fsp3) is 0.955. The van der Waals surface area contributed by atoms with Gasteiger partial charge in [0.2, 0.25) is 0 Å². The number of unbranched alkanes of at least 4 members (excludes halogenated alkanes) is 12. The van der Waals surface area contributed by atoms with Crippen molar-refractivity contribution in [2.45, 2.75) is 123 Å². The summed E-state index contributed by atoms with van der Waals surface area (Å²) in [6.07, 6.45) is 20.2. The van der Waals surface area contributed by atoms with Crippen LogP contribution in [0.15, 0.2) is 0 Å². The van der Waals surface area contributed by atoms with Crippen molar-refractivity contribution in [3.63, 3.8) is 0 Å². The van der Waals surface area contributed by atoms with Gasteiger partial charge in [0, 0.05) is 13.2 Å². The van der Waals surface area contributed by atoms with Gasteiger partial charge in [-0.3, -0.25) is 0 Å². The molecule has 0 aromatic heterocycles. The second-order valence-electron chi connectivity index (χ2n) is 7.06. The summed E-state index contributed by atoms with van der Waals surface area (Å²) in [6, 6.07) is 0. The van der Waals surface area contributed by atoms with E-state index in [1.54, 1.807) is 0 Å². The molecule has 0 aliphatic heterocycles. The molecule has 0 saturated carbocycles. The van der Waals surface area contributed by atoms with Crippen LogP contribution in [-0.2, 0) is 9.47 Å². The van der Waals surface area contributed by atoms with Gasteiger partial charge in [-0.05, 0) is 19.3 Å². The monoisotopic (exact) mass is 400 g/mol. The first-order valence-electron chi connectivity index (χ1n) is 10.9. The van der Waals surface area contributed by atoms with E-state index in [0.29, 0.717) is 0 Å². The molecule has 0 bridgehead atoms. The smallest absolute Gasteiger partial charge is 1.00 e. The summed E-state index contributed by atoms with van der Waals surface area (Å²) in [4.78, 5) is 0. The summed E-state index contributed by atoms with van der Waals surface area (Å²) < 4.78 is 12.0. The third-order valence-corrected chi connectivity index (χ3v) is 4.54. The summed E-state index contributed by atoms with van der Waals surface area (Å²) in [5, 5.41) is 0. The standard InChI is InChI=1S/C22H45O2.ClH.Mg/c1-4-7-10-12-14-17-20-23-22(19-16-9-6-3)24-21-18-15-13-11-8-5-2;;/h22H,3-21H2,1-2H3;1H;/q-1;;+2/p-1. The van der Waals surface area contributed by atoms with Gasteiger partial charge < -0.3 is 28.8 Å². The van der Waals surface area contributed by atoms with Crippen molar-refractivity contribution >= 4 is 23.1 Å². The number of hydrogen-bond acceptors (Lipinski definition) is 2. The van der Waals surface area contributed by atoms with Crippen molar-refractivity contribution in [3.05, 3.63) is 6.92 Å². The van der Waals surface area contributed by atoms with Gasteiger partial charge >= 0.3 is 23.1 Å². The maximum Gasteiger partial charge on any atom is 2.00 e. The summed E-state index contributed by atoms with van der Waals surface area (Å²) >= 11 is 0. The zero-order chi connectivity index (χ0) is 17.7. The van der Waals surface area contributed by atoms with Gasteiger partial charge in [0.25, 0.3) is 0 Å². The van der Waals surface area contributed by atoms with Gasteiger partial charge in [0.15, 0.2) is 6.29 Å². The number of rotatable bonds is 20. The Labute approximate surface area is 187 Å². The Balaban J connectivity index is -0.00000264. The van der Waals surface area contributed by atoms with Crippen LogP contribution in [0.3, 0.4) is 0 Å². The van der Waals surface area contributed by atoms with E-state index in [-0.39, 0.29) is 41.7 Å². The molecule has 0 fully saturated rings. The Bertz CT molecular complexity index is 212. The summed E-state index contributed by atoms with van der Waals surface area (Å²) in [5.74, 6) is 0. The van der Waals surface area contributed by atoms with Crippen LogP contribution in [0.5, 0.6) is 0 Å². The third-order valence-electron chi connectivity index (χ3n) is 4.54. The molecule has 0 radical (unpaired) electrons. The average Bonchev–Trinajstić information content (AvgIpc) is 2.59. The minimum absolute atomic E-state index is 0. The molecule has 0 atom stereocenters. The van der Waals surface area contributed by atoms with Crippen LogP contribution in [-0.4, -0.2) is 42.6 Å². The Morgan fingerprint density at radius 3 is 1.46 bits per heavy atom. The molecule has 0 aromatic carbocycles. The van der Waals surface area contributed by atoms with Crippen LogP contribution >= 0.6 is 0 Å². The van der Waals surface area contributed by atoms with Crippen LogP contribution < -0.4 is 12.4 Å². The van der Waals surface area contributed by atoms with Gasteiger partial charge in [-0.2, -0.15) is 6.42 Å². The maximum atomic E-state index is 6.00. The summed E-state index contributed by atoms with van der Waals surface area (Å²) in [6.45, 7) is 10.2. The normalized spacial score (nSPS) is 10.6. The van der Waals surface area contributed by atoms with Gasteiger partial charge in [-0.15, -0.1) is 0 Å². The fourth-order valence-electron chi connectivity index (χ4n) is 2.90. The molecule has 0 saturated heterocycles. The second-order valence-corrected chi connectivity index (χ2v) is 7.06. The Hall–Kier alpha value is 0.976. The minimum Gasteiger partial charge on any atom is -1.00 e. The van der Waals surface area contributed by atoms with Gasteiger partial charge in [-0.25, -0.2) is 0 Å². The quantitative estimate of drug-likeness (QED) is 0.132. The second kappa shape index (κ2) is 28.2. The molecule has 0 unspecified atom stereocenters. The number of ether oxygens (including phenoxy) is 2. The van der Waals surface area contributed by atoms with Crippen LogP contribution in [0, 0.1) is 6.92 Å². The molecule has 0 aliphatic rings. The Morgan fingerprint density at radius 1 is 0.615 bits per heavy atom. The number of hydrogen-bond donors (Lipinski definition) is 0. The van der Waals surface area contributed by atoms with Crippen LogP contribution in [0.1, 0.15) is 117 Å². The van der Waals surface area contributed by atoms with Crippen molar-refractivity contribution in [1.29, 1.82) is 0 Å². The van der Waals surface area contributed by atoms with Gasteiger partial charge in [-0.1, -0.05) is 90.9 Å². The van der Waals surface area contributed by atoms with E-state index in [2.05, 4.69) is 20.8 Å². The van der Waals surface area contributed by atoms with Crippen molar-refractivity contribution in [2.24, 2.45) is 0 Å². The van der Waals surface area contributed by atoms with Crippen LogP contribution in [0.25, 0.3) is 0 Å². The van der Waals surface area contributed by atoms with E-state index in [9.17, 15) is 0 Å². The van der Waals surface area contributed by atoms with Crippen molar-refractivity contribution in [3.8, 4) is 0 Å². The van der Waals surface area contributed by atoms with E-state index < -0.39 is 0 Å². The molecule has 154 valence electrons. The SMILES string of the molecule is [CH2-]CCCCC(OCCCCCCCC)OCCCCCCCC.[Cl-].[Mg+2]. The zero-order valence-electron chi connectivity index (χ0n) is 17.9. The molecular weight excluding hydrogens is 356 g/mol. The van der Waals surface area contributed by atoms with Crippen molar-refractivity contribution in [1.82, 2.24) is 0 Å².